The van der Waals surface area contributed by atoms with E-state index in [0.29, 0.717) is 43.2 Å². The van der Waals surface area contributed by atoms with E-state index < -0.39 is 12.0 Å². The molecule has 10 heteroatoms. The van der Waals surface area contributed by atoms with Crippen LogP contribution in [0.1, 0.15) is 98.4 Å². The Morgan fingerprint density at radius 3 is 2.40 bits per heavy atom. The molecule has 1 heterocycles. The van der Waals surface area contributed by atoms with Crippen molar-refractivity contribution in [3.8, 4) is 5.75 Å². The number of amides is 2. The number of nitrogens with zero attached hydrogens (tertiary/aromatic N) is 2. The number of aliphatic hydroxyl groups is 1. The summed E-state index contributed by atoms with van der Waals surface area (Å²) >= 11 is 0. The number of benzene rings is 2. The van der Waals surface area contributed by atoms with Crippen LogP contribution in [0.15, 0.2) is 42.5 Å². The van der Waals surface area contributed by atoms with Crippen LogP contribution in [-0.2, 0) is 16.1 Å². The van der Waals surface area contributed by atoms with E-state index >= 15 is 0 Å². The highest BCUT2D eigenvalue weighted by atomic mass is 16.5. The van der Waals surface area contributed by atoms with E-state index in [2.05, 4.69) is 17.1 Å². The van der Waals surface area contributed by atoms with Gasteiger partial charge in [0.15, 0.2) is 0 Å². The van der Waals surface area contributed by atoms with Crippen LogP contribution in [-0.4, -0.2) is 89.4 Å². The molecule has 1 fully saturated rings. The first-order chi connectivity index (χ1) is 22.5. The van der Waals surface area contributed by atoms with Gasteiger partial charge >= 0.3 is 5.97 Å². The molecule has 258 valence electrons. The number of fused-ring (bicyclic) bond motifs is 1. The molecule has 1 saturated carbocycles. The summed E-state index contributed by atoms with van der Waals surface area (Å²) in [5.41, 5.74) is 2.17. The fourth-order valence-electron chi connectivity index (χ4n) is 6.51. The minimum Gasteiger partial charge on any atom is -0.490 e. The van der Waals surface area contributed by atoms with Crippen LogP contribution in [0.3, 0.4) is 0 Å². The minimum absolute atomic E-state index is 0.0107. The number of likely N-dealkylation sites (N-methyl/N-ethyl adjacent to an activating group) is 1. The van der Waals surface area contributed by atoms with Gasteiger partial charge in [-0.05, 0) is 88.9 Å². The zero-order valence-corrected chi connectivity index (χ0v) is 28.5. The van der Waals surface area contributed by atoms with E-state index in [1.165, 1.54) is 0 Å². The average Bonchev–Trinajstić information content (AvgIpc) is 3.06. The Balaban J connectivity index is 1.57. The molecule has 0 bridgehead atoms. The minimum atomic E-state index is -0.952. The molecule has 0 unspecified atom stereocenters. The zero-order valence-electron chi connectivity index (χ0n) is 28.5. The van der Waals surface area contributed by atoms with Gasteiger partial charge in [-0.1, -0.05) is 38.3 Å². The first-order valence-corrected chi connectivity index (χ1v) is 17.2. The lowest BCUT2D eigenvalue weighted by atomic mass is 9.88. The molecular weight excluding hydrogens is 598 g/mol. The normalized spacial score (nSPS) is 22.6. The summed E-state index contributed by atoms with van der Waals surface area (Å²) in [6, 6.07) is 11.7. The molecule has 4 atom stereocenters. The number of hydrogen-bond acceptors (Lipinski definition) is 7. The van der Waals surface area contributed by atoms with Gasteiger partial charge in [0.1, 0.15) is 5.75 Å². The van der Waals surface area contributed by atoms with E-state index in [9.17, 15) is 24.6 Å². The first-order valence-electron chi connectivity index (χ1n) is 17.2. The third-order valence-corrected chi connectivity index (χ3v) is 9.44. The van der Waals surface area contributed by atoms with E-state index in [0.717, 1.165) is 56.9 Å². The highest BCUT2D eigenvalue weighted by molar-refractivity contribution is 6.00. The van der Waals surface area contributed by atoms with Gasteiger partial charge < -0.3 is 29.9 Å². The van der Waals surface area contributed by atoms with Gasteiger partial charge in [-0.15, -0.1) is 0 Å². The molecule has 3 N–H and O–H groups in total. The van der Waals surface area contributed by atoms with Crippen molar-refractivity contribution < 1.29 is 34.1 Å². The number of nitrogens with one attached hydrogen (secondary N) is 1. The summed E-state index contributed by atoms with van der Waals surface area (Å²) in [6.07, 6.45) is 7.26. The maximum atomic E-state index is 14.4. The topological polar surface area (TPSA) is 129 Å². The molecule has 0 spiro atoms. The van der Waals surface area contributed by atoms with Crippen LogP contribution < -0.4 is 10.1 Å². The first kappa shape index (κ1) is 36.4. The molecule has 47 heavy (non-hydrogen) atoms. The number of aliphatic hydroxyl groups excluding tert-OH is 1. The van der Waals surface area contributed by atoms with Gasteiger partial charge in [0.25, 0.3) is 5.91 Å². The number of carboxylic acid groups (broad SMARTS) is 1. The smallest absolute Gasteiger partial charge is 0.335 e. The fourth-order valence-corrected chi connectivity index (χ4v) is 6.51. The lowest BCUT2D eigenvalue weighted by molar-refractivity contribution is -0.120. The van der Waals surface area contributed by atoms with Gasteiger partial charge in [-0.2, -0.15) is 0 Å². The Kier molecular flexibility index (Phi) is 13.6. The molecular formula is C37H53N3O7. The van der Waals surface area contributed by atoms with Crippen LogP contribution in [0.2, 0.25) is 0 Å². The highest BCUT2D eigenvalue weighted by Crippen LogP contribution is 2.30. The second kappa shape index (κ2) is 17.6. The van der Waals surface area contributed by atoms with Crippen LogP contribution in [0.25, 0.3) is 0 Å². The molecule has 0 aromatic heterocycles. The predicted octanol–water partition coefficient (Wildman–Crippen LogP) is 5.83. The monoisotopic (exact) mass is 651 g/mol. The SMILES string of the molecule is C[C@@H]1CN([C@H](C)CO)C(=O)c2cc(NC(=O)C3CCCCC3)ccc2O[C@@H](C)CCCCO[C@H]1CN(C)Cc1ccc(C(=O)O)cc1. The second-order valence-corrected chi connectivity index (χ2v) is 13.5. The highest BCUT2D eigenvalue weighted by Gasteiger charge is 2.31. The Hall–Kier alpha value is -3.47. The van der Waals surface area contributed by atoms with Crippen molar-refractivity contribution in [2.45, 2.75) is 96.9 Å². The number of carboxylic acids is 1. The number of carbonyl (C=O) groups is 3. The van der Waals surface area contributed by atoms with Crippen LogP contribution >= 0.6 is 0 Å². The van der Waals surface area contributed by atoms with Gasteiger partial charge in [-0.3, -0.25) is 14.5 Å². The van der Waals surface area contributed by atoms with Gasteiger partial charge in [0.05, 0.1) is 36.0 Å². The van der Waals surface area contributed by atoms with E-state index in [-0.39, 0.29) is 48.0 Å². The number of rotatable bonds is 9. The molecule has 2 aromatic rings. The van der Waals surface area contributed by atoms with Crippen molar-refractivity contribution in [1.29, 1.82) is 0 Å². The second-order valence-electron chi connectivity index (χ2n) is 13.5. The van der Waals surface area contributed by atoms with Crippen LogP contribution in [0.4, 0.5) is 5.69 Å². The predicted molar refractivity (Wildman–Crippen MR) is 182 cm³/mol. The van der Waals surface area contributed by atoms with Crippen molar-refractivity contribution in [3.63, 3.8) is 0 Å². The van der Waals surface area contributed by atoms with E-state index in [1.54, 1.807) is 35.2 Å². The summed E-state index contributed by atoms with van der Waals surface area (Å²) in [6.45, 7) is 7.82. The number of anilines is 1. The molecule has 10 nitrogen and oxygen atoms in total. The molecule has 4 rings (SSSR count). The van der Waals surface area contributed by atoms with Crippen molar-refractivity contribution in [2.24, 2.45) is 11.8 Å². The van der Waals surface area contributed by atoms with Crippen molar-refractivity contribution in [2.75, 3.05) is 38.7 Å². The number of aromatic carboxylic acids is 1. The molecule has 1 aliphatic heterocycles. The lowest BCUT2D eigenvalue weighted by Crippen LogP contribution is -2.47. The quantitative estimate of drug-likeness (QED) is 0.309. The summed E-state index contributed by atoms with van der Waals surface area (Å²) in [5.74, 6) is -0.854. The van der Waals surface area contributed by atoms with Gasteiger partial charge in [0.2, 0.25) is 5.91 Å². The maximum absolute atomic E-state index is 14.4. The lowest BCUT2D eigenvalue weighted by Gasteiger charge is -2.36. The Morgan fingerprint density at radius 2 is 1.72 bits per heavy atom. The summed E-state index contributed by atoms with van der Waals surface area (Å²) in [4.78, 5) is 42.6. The Bertz CT molecular complexity index is 1330. The molecule has 2 aromatic carbocycles. The van der Waals surface area contributed by atoms with Crippen LogP contribution in [0, 0.1) is 11.8 Å². The maximum Gasteiger partial charge on any atom is 0.335 e. The van der Waals surface area contributed by atoms with Gasteiger partial charge in [-0.25, -0.2) is 4.79 Å². The standard InChI is InChI=1S/C37H53N3O7/c1-25-21-40(26(2)24-41)36(43)32-20-31(38-35(42)29-11-6-5-7-12-29)17-18-33(32)47-27(3)10-8-9-19-46-34(25)23-39(4)22-28-13-15-30(16-14-28)37(44)45/h13-18,20,25-27,29,34,41H,5-12,19,21-24H2,1-4H3,(H,38,42)(H,44,45)/t25-,26-,27+,34+/m1/s1. The molecule has 2 aliphatic rings. The summed E-state index contributed by atoms with van der Waals surface area (Å²) in [5, 5.41) is 22.5. The molecule has 0 saturated heterocycles. The van der Waals surface area contributed by atoms with E-state index in [1.807, 2.05) is 33.0 Å². The number of carbonyl (C=O) groups excluding carboxylic acids is 2. The Morgan fingerprint density at radius 1 is 1.02 bits per heavy atom. The Labute approximate surface area is 279 Å². The summed E-state index contributed by atoms with van der Waals surface area (Å²) < 4.78 is 12.8. The van der Waals surface area contributed by atoms with Crippen molar-refractivity contribution in [1.82, 2.24) is 9.80 Å². The third-order valence-electron chi connectivity index (χ3n) is 9.44. The van der Waals surface area contributed by atoms with Crippen molar-refractivity contribution in [3.05, 3.63) is 59.2 Å². The largest absolute Gasteiger partial charge is 0.490 e. The fraction of sp³-hybridized carbons (Fsp3) is 0.595. The third kappa shape index (κ3) is 10.5. The van der Waals surface area contributed by atoms with Gasteiger partial charge in [0, 0.05) is 43.8 Å². The number of hydrogen-bond donors (Lipinski definition) is 3. The average molecular weight is 652 g/mol. The molecule has 2 amide bonds. The molecule has 1 aliphatic carbocycles. The van der Waals surface area contributed by atoms with Crippen LogP contribution in [0.5, 0.6) is 5.75 Å². The molecule has 0 radical (unpaired) electrons. The summed E-state index contributed by atoms with van der Waals surface area (Å²) in [7, 11) is 2.00. The number of ether oxygens (including phenoxy) is 2. The van der Waals surface area contributed by atoms with Crippen molar-refractivity contribution >= 4 is 23.5 Å². The van der Waals surface area contributed by atoms with E-state index in [4.69, 9.17) is 9.47 Å². The zero-order chi connectivity index (χ0) is 33.9.